The SMILES string of the molecule is CCc1ccc(-c2nnc(COCC(=O)O)o2)cc1. The Labute approximate surface area is 110 Å². The Bertz CT molecular complexity index is 548. The first-order valence-corrected chi connectivity index (χ1v) is 5.90. The fourth-order valence-electron chi connectivity index (χ4n) is 1.54. The molecule has 2 rings (SSSR count). The Morgan fingerprint density at radius 2 is 2.05 bits per heavy atom. The maximum absolute atomic E-state index is 10.3. The maximum atomic E-state index is 10.3. The Balaban J connectivity index is 2.01. The average Bonchev–Trinajstić information content (AvgIpc) is 2.87. The molecule has 1 aromatic heterocycles. The number of ether oxygens (including phenoxy) is 1. The largest absolute Gasteiger partial charge is 0.480 e. The third-order valence-electron chi connectivity index (χ3n) is 2.53. The van der Waals surface area contributed by atoms with Crippen LogP contribution in [0.4, 0.5) is 0 Å². The molecule has 0 amide bonds. The van der Waals surface area contributed by atoms with Gasteiger partial charge in [-0.25, -0.2) is 4.79 Å². The van der Waals surface area contributed by atoms with E-state index in [9.17, 15) is 4.79 Å². The van der Waals surface area contributed by atoms with Gasteiger partial charge in [-0.2, -0.15) is 0 Å². The summed E-state index contributed by atoms with van der Waals surface area (Å²) in [5.41, 5.74) is 2.06. The van der Waals surface area contributed by atoms with Gasteiger partial charge in [0.2, 0.25) is 11.8 Å². The van der Waals surface area contributed by atoms with Crippen molar-refractivity contribution in [3.05, 3.63) is 35.7 Å². The number of carbonyl (C=O) groups is 1. The monoisotopic (exact) mass is 262 g/mol. The minimum absolute atomic E-state index is 0.00760. The summed E-state index contributed by atoms with van der Waals surface area (Å²) in [6.07, 6.45) is 0.971. The van der Waals surface area contributed by atoms with Crippen LogP contribution in [0, 0.1) is 0 Å². The third kappa shape index (κ3) is 3.62. The second-order valence-electron chi connectivity index (χ2n) is 3.94. The van der Waals surface area contributed by atoms with Crippen LogP contribution >= 0.6 is 0 Å². The van der Waals surface area contributed by atoms with Gasteiger partial charge >= 0.3 is 5.97 Å². The van der Waals surface area contributed by atoms with E-state index in [-0.39, 0.29) is 19.1 Å². The van der Waals surface area contributed by atoms with E-state index >= 15 is 0 Å². The van der Waals surface area contributed by atoms with Gasteiger partial charge < -0.3 is 14.3 Å². The number of aromatic nitrogens is 2. The first kappa shape index (κ1) is 13.2. The van der Waals surface area contributed by atoms with Crippen LogP contribution in [0.25, 0.3) is 11.5 Å². The van der Waals surface area contributed by atoms with Crippen molar-refractivity contribution >= 4 is 5.97 Å². The van der Waals surface area contributed by atoms with E-state index in [1.54, 1.807) is 0 Å². The van der Waals surface area contributed by atoms with Crippen molar-refractivity contribution in [2.75, 3.05) is 6.61 Å². The molecule has 1 aromatic carbocycles. The molecule has 0 unspecified atom stereocenters. The van der Waals surface area contributed by atoms with Gasteiger partial charge in [0.05, 0.1) is 0 Å². The van der Waals surface area contributed by atoms with Crippen LogP contribution in [0.15, 0.2) is 28.7 Å². The molecule has 0 atom stereocenters. The number of hydrogen-bond donors (Lipinski definition) is 1. The highest BCUT2D eigenvalue weighted by Gasteiger charge is 2.09. The lowest BCUT2D eigenvalue weighted by atomic mass is 10.1. The first-order valence-electron chi connectivity index (χ1n) is 5.90. The smallest absolute Gasteiger partial charge is 0.329 e. The highest BCUT2D eigenvalue weighted by molar-refractivity contribution is 5.67. The van der Waals surface area contributed by atoms with E-state index in [0.717, 1.165) is 12.0 Å². The molecular weight excluding hydrogens is 248 g/mol. The normalized spacial score (nSPS) is 10.6. The minimum atomic E-state index is -1.03. The minimum Gasteiger partial charge on any atom is -0.480 e. The van der Waals surface area contributed by atoms with E-state index in [0.29, 0.717) is 5.89 Å². The van der Waals surface area contributed by atoms with Crippen molar-refractivity contribution in [3.8, 4) is 11.5 Å². The summed E-state index contributed by atoms with van der Waals surface area (Å²) in [6.45, 7) is 1.69. The fourth-order valence-corrected chi connectivity index (χ4v) is 1.54. The zero-order chi connectivity index (χ0) is 13.7. The molecule has 6 heteroatoms. The highest BCUT2D eigenvalue weighted by atomic mass is 16.5. The Kier molecular flexibility index (Phi) is 4.25. The molecule has 0 aliphatic carbocycles. The Morgan fingerprint density at radius 3 is 2.68 bits per heavy atom. The topological polar surface area (TPSA) is 85.5 Å². The molecule has 6 nitrogen and oxygen atoms in total. The molecular formula is C13H14N2O4. The average molecular weight is 262 g/mol. The van der Waals surface area contributed by atoms with Crippen LogP contribution in [-0.2, 0) is 22.6 Å². The van der Waals surface area contributed by atoms with Gasteiger partial charge in [0.15, 0.2) is 0 Å². The summed E-state index contributed by atoms with van der Waals surface area (Å²) < 4.78 is 10.3. The lowest BCUT2D eigenvalue weighted by molar-refractivity contribution is -0.142. The van der Waals surface area contributed by atoms with Crippen LogP contribution in [0.5, 0.6) is 0 Å². The Morgan fingerprint density at radius 1 is 1.32 bits per heavy atom. The molecule has 0 bridgehead atoms. The standard InChI is InChI=1S/C13H14N2O4/c1-2-9-3-5-10(6-4-9)13-15-14-11(19-13)7-18-8-12(16)17/h3-6H,2,7-8H2,1H3,(H,16,17). The van der Waals surface area contributed by atoms with Crippen molar-refractivity contribution in [2.45, 2.75) is 20.0 Å². The number of aliphatic carboxylic acids is 1. The molecule has 0 aliphatic rings. The fraction of sp³-hybridized carbons (Fsp3) is 0.308. The maximum Gasteiger partial charge on any atom is 0.329 e. The van der Waals surface area contributed by atoms with Gasteiger partial charge in [0.25, 0.3) is 0 Å². The van der Waals surface area contributed by atoms with Crippen LogP contribution in [0.2, 0.25) is 0 Å². The van der Waals surface area contributed by atoms with Crippen LogP contribution in [-0.4, -0.2) is 27.9 Å². The second kappa shape index (κ2) is 6.10. The van der Waals surface area contributed by atoms with Gasteiger partial charge in [0.1, 0.15) is 13.2 Å². The van der Waals surface area contributed by atoms with Crippen molar-refractivity contribution in [3.63, 3.8) is 0 Å². The molecule has 0 saturated carbocycles. The number of benzene rings is 1. The molecule has 0 fully saturated rings. The lowest BCUT2D eigenvalue weighted by Gasteiger charge is -1.98. The van der Waals surface area contributed by atoms with E-state index in [1.165, 1.54) is 5.56 Å². The summed E-state index contributed by atoms with van der Waals surface area (Å²) in [5, 5.41) is 16.1. The van der Waals surface area contributed by atoms with E-state index in [2.05, 4.69) is 17.1 Å². The number of hydrogen-bond acceptors (Lipinski definition) is 5. The molecule has 2 aromatic rings. The number of aryl methyl sites for hydroxylation is 1. The van der Waals surface area contributed by atoms with Crippen molar-refractivity contribution < 1.29 is 19.1 Å². The van der Waals surface area contributed by atoms with Gasteiger partial charge in [-0.15, -0.1) is 10.2 Å². The Hall–Kier alpha value is -2.21. The van der Waals surface area contributed by atoms with Gasteiger partial charge in [-0.3, -0.25) is 0 Å². The number of nitrogens with zero attached hydrogens (tertiary/aromatic N) is 2. The van der Waals surface area contributed by atoms with Crippen LogP contribution in [0.1, 0.15) is 18.4 Å². The quantitative estimate of drug-likeness (QED) is 0.855. The highest BCUT2D eigenvalue weighted by Crippen LogP contribution is 2.18. The van der Waals surface area contributed by atoms with E-state index in [4.69, 9.17) is 14.3 Å². The molecule has 0 aliphatic heterocycles. The van der Waals surface area contributed by atoms with Gasteiger partial charge in [0, 0.05) is 5.56 Å². The molecule has 1 N–H and O–H groups in total. The van der Waals surface area contributed by atoms with Crippen LogP contribution in [0.3, 0.4) is 0 Å². The summed E-state index contributed by atoms with van der Waals surface area (Å²) in [6, 6.07) is 7.82. The second-order valence-corrected chi connectivity index (χ2v) is 3.94. The lowest BCUT2D eigenvalue weighted by Crippen LogP contribution is -2.06. The molecule has 0 saturated heterocycles. The predicted octanol–water partition coefficient (Wildman–Crippen LogP) is 1.90. The van der Waals surface area contributed by atoms with Crippen molar-refractivity contribution in [1.82, 2.24) is 10.2 Å². The van der Waals surface area contributed by atoms with E-state index < -0.39 is 5.97 Å². The molecule has 0 radical (unpaired) electrons. The van der Waals surface area contributed by atoms with Crippen molar-refractivity contribution in [1.29, 1.82) is 0 Å². The molecule has 19 heavy (non-hydrogen) atoms. The number of carboxylic acids is 1. The summed E-state index contributed by atoms with van der Waals surface area (Å²) in [5.74, 6) is -0.373. The summed E-state index contributed by atoms with van der Waals surface area (Å²) in [7, 11) is 0. The number of rotatable bonds is 6. The van der Waals surface area contributed by atoms with Gasteiger partial charge in [-0.1, -0.05) is 19.1 Å². The zero-order valence-electron chi connectivity index (χ0n) is 10.5. The summed E-state index contributed by atoms with van der Waals surface area (Å²) in [4.78, 5) is 10.3. The third-order valence-corrected chi connectivity index (χ3v) is 2.53. The molecule has 1 heterocycles. The van der Waals surface area contributed by atoms with Gasteiger partial charge in [-0.05, 0) is 24.1 Å². The predicted molar refractivity (Wildman–Crippen MR) is 66.4 cm³/mol. The number of carboxylic acid groups (broad SMARTS) is 1. The van der Waals surface area contributed by atoms with Crippen LogP contribution < -0.4 is 0 Å². The van der Waals surface area contributed by atoms with E-state index in [1.807, 2.05) is 24.3 Å². The molecule has 100 valence electrons. The van der Waals surface area contributed by atoms with Crippen molar-refractivity contribution in [2.24, 2.45) is 0 Å². The molecule has 0 spiro atoms. The summed E-state index contributed by atoms with van der Waals surface area (Å²) >= 11 is 0. The zero-order valence-corrected chi connectivity index (χ0v) is 10.5. The first-order chi connectivity index (χ1) is 9.19.